The summed E-state index contributed by atoms with van der Waals surface area (Å²) in [5, 5.41) is 10.6. The average Bonchev–Trinajstić information content (AvgIpc) is 1.84. The fourth-order valence-electron chi connectivity index (χ4n) is 12.0. The molecule has 0 fully saturated rings. The van der Waals surface area contributed by atoms with E-state index in [4.69, 9.17) is 37.0 Å². The molecule has 0 saturated carbocycles. The second-order valence-electron chi connectivity index (χ2n) is 28.8. The Bertz CT molecular complexity index is 1870. The van der Waals surface area contributed by atoms with Crippen molar-refractivity contribution in [1.29, 1.82) is 0 Å². The molecule has 97 heavy (non-hydrogen) atoms. The third-order valence-electron chi connectivity index (χ3n) is 18.6. The van der Waals surface area contributed by atoms with Crippen LogP contribution in [0.1, 0.15) is 408 Å². The molecule has 0 amide bonds. The third-order valence-corrected chi connectivity index (χ3v) is 20.5. The standard InChI is InChI=1S/C78H152O17P2/c1-7-10-12-14-16-18-20-21-29-32-36-43-49-55-61-76(81)89-66-73(94-77(82)62-56-50-44-37-33-30-27-25-23-22-24-26-28-31-34-41-47-53-59-71(6)9-3)68-92-96(84,85)90-64-72(79)65-91-97(86,87)93-69-74(67-88-75(80)60-54-48-42-35-19-17-15-13-11-8-2)95-78(83)63-57-51-45-39-38-40-46-52-58-70(4)5/h70-74,79H,7-69H2,1-6H3,(H,84,85)(H,86,87)/t71?,72-,73-,74-/m1/s1. The van der Waals surface area contributed by atoms with E-state index in [0.717, 1.165) is 102 Å². The molecule has 0 radical (unpaired) electrons. The number of hydrogen-bond donors (Lipinski definition) is 3. The van der Waals surface area contributed by atoms with Crippen molar-refractivity contribution in [1.82, 2.24) is 0 Å². The van der Waals surface area contributed by atoms with E-state index in [1.54, 1.807) is 0 Å². The Morgan fingerprint density at radius 3 is 0.784 bits per heavy atom. The lowest BCUT2D eigenvalue weighted by Crippen LogP contribution is -2.30. The number of hydrogen-bond acceptors (Lipinski definition) is 15. The smallest absolute Gasteiger partial charge is 0.462 e. The molecule has 6 atom stereocenters. The minimum Gasteiger partial charge on any atom is -0.462 e. The lowest BCUT2D eigenvalue weighted by molar-refractivity contribution is -0.161. The first-order valence-corrected chi connectivity index (χ1v) is 43.5. The fourth-order valence-corrected chi connectivity index (χ4v) is 13.6. The molecule has 0 aliphatic carbocycles. The Kier molecular flexibility index (Phi) is 68.4. The van der Waals surface area contributed by atoms with Crippen LogP contribution in [0, 0.1) is 11.8 Å². The van der Waals surface area contributed by atoms with Crippen LogP contribution in [0.2, 0.25) is 0 Å². The van der Waals surface area contributed by atoms with Gasteiger partial charge in [0.25, 0.3) is 0 Å². The molecular formula is C78H152O17P2. The number of unbranched alkanes of at least 4 members (excludes halogenated alkanes) is 46. The van der Waals surface area contributed by atoms with E-state index in [0.29, 0.717) is 25.7 Å². The molecule has 0 spiro atoms. The molecule has 0 saturated heterocycles. The van der Waals surface area contributed by atoms with Crippen molar-refractivity contribution in [3.05, 3.63) is 0 Å². The van der Waals surface area contributed by atoms with E-state index in [-0.39, 0.29) is 25.7 Å². The fraction of sp³-hybridized carbons (Fsp3) is 0.949. The molecule has 0 aliphatic heterocycles. The van der Waals surface area contributed by atoms with Gasteiger partial charge in [-0.1, -0.05) is 356 Å². The SMILES string of the molecule is CCCCCCCCCCCCCCCCC(=O)OC[C@H](COP(=O)(O)OC[C@@H](O)COP(=O)(O)OC[C@@H](COC(=O)CCCCCCCCCCCC)OC(=O)CCCCCCCCCCC(C)C)OC(=O)CCCCCCCCCCCCCCCCCCCCC(C)CC. The topological polar surface area (TPSA) is 237 Å². The summed E-state index contributed by atoms with van der Waals surface area (Å²) in [5.74, 6) is -0.525. The lowest BCUT2D eigenvalue weighted by Gasteiger charge is -2.21. The first kappa shape index (κ1) is 95.1. The summed E-state index contributed by atoms with van der Waals surface area (Å²) < 4.78 is 68.5. The van der Waals surface area contributed by atoms with Crippen molar-refractivity contribution >= 4 is 39.5 Å². The van der Waals surface area contributed by atoms with Gasteiger partial charge in [0.1, 0.15) is 19.3 Å². The van der Waals surface area contributed by atoms with Crippen LogP contribution in [0.5, 0.6) is 0 Å². The van der Waals surface area contributed by atoms with Crippen LogP contribution in [-0.4, -0.2) is 96.7 Å². The first-order valence-electron chi connectivity index (χ1n) is 40.5. The summed E-state index contributed by atoms with van der Waals surface area (Å²) in [5.41, 5.74) is 0. The van der Waals surface area contributed by atoms with Gasteiger partial charge in [-0.15, -0.1) is 0 Å². The molecule has 3 N–H and O–H groups in total. The van der Waals surface area contributed by atoms with Crippen molar-refractivity contribution in [2.75, 3.05) is 39.6 Å². The average molecular weight is 1420 g/mol. The highest BCUT2D eigenvalue weighted by Crippen LogP contribution is 2.45. The molecule has 0 aromatic heterocycles. The summed E-state index contributed by atoms with van der Waals surface area (Å²) in [6.45, 7) is 9.63. The van der Waals surface area contributed by atoms with Crippen LogP contribution in [0.15, 0.2) is 0 Å². The summed E-state index contributed by atoms with van der Waals surface area (Å²) in [6.07, 6.45) is 58.3. The van der Waals surface area contributed by atoms with Gasteiger partial charge in [0, 0.05) is 25.7 Å². The monoisotopic (exact) mass is 1420 g/mol. The van der Waals surface area contributed by atoms with Gasteiger partial charge in [-0.2, -0.15) is 0 Å². The number of phosphoric ester groups is 2. The Morgan fingerprint density at radius 1 is 0.299 bits per heavy atom. The Labute approximate surface area is 594 Å². The van der Waals surface area contributed by atoms with Crippen LogP contribution >= 0.6 is 15.6 Å². The highest BCUT2D eigenvalue weighted by Gasteiger charge is 2.30. The maximum absolute atomic E-state index is 13.1. The molecule has 0 rings (SSSR count). The van der Waals surface area contributed by atoms with Gasteiger partial charge in [-0.25, -0.2) is 9.13 Å². The van der Waals surface area contributed by atoms with Crippen LogP contribution in [0.25, 0.3) is 0 Å². The Hall–Kier alpha value is -1.94. The number of aliphatic hydroxyl groups excluding tert-OH is 1. The number of ether oxygens (including phenoxy) is 4. The maximum atomic E-state index is 13.1. The number of phosphoric acid groups is 2. The number of carbonyl (C=O) groups is 4. The summed E-state index contributed by atoms with van der Waals surface area (Å²) in [4.78, 5) is 72.8. The van der Waals surface area contributed by atoms with E-state index in [1.807, 2.05) is 0 Å². The summed E-state index contributed by atoms with van der Waals surface area (Å²) in [7, 11) is -9.91. The van der Waals surface area contributed by atoms with Gasteiger partial charge in [-0.05, 0) is 37.5 Å². The molecule has 0 heterocycles. The molecular weight excluding hydrogens is 1270 g/mol. The predicted octanol–water partition coefficient (Wildman–Crippen LogP) is 23.1. The second-order valence-corrected chi connectivity index (χ2v) is 31.7. The second kappa shape index (κ2) is 69.8. The molecule has 0 bridgehead atoms. The summed E-state index contributed by atoms with van der Waals surface area (Å²) >= 11 is 0. The molecule has 0 aromatic rings. The molecule has 576 valence electrons. The van der Waals surface area contributed by atoms with Crippen LogP contribution in [0.4, 0.5) is 0 Å². The largest absolute Gasteiger partial charge is 0.472 e. The van der Waals surface area contributed by atoms with Gasteiger partial charge in [0.15, 0.2) is 12.2 Å². The number of rotatable bonds is 77. The Balaban J connectivity index is 5.19. The highest BCUT2D eigenvalue weighted by molar-refractivity contribution is 7.47. The minimum absolute atomic E-state index is 0.105. The van der Waals surface area contributed by atoms with Gasteiger partial charge >= 0.3 is 39.5 Å². The van der Waals surface area contributed by atoms with Crippen molar-refractivity contribution in [3.8, 4) is 0 Å². The normalized spacial score (nSPS) is 14.2. The predicted molar refractivity (Wildman–Crippen MR) is 395 cm³/mol. The van der Waals surface area contributed by atoms with Gasteiger partial charge < -0.3 is 33.8 Å². The van der Waals surface area contributed by atoms with E-state index >= 15 is 0 Å². The van der Waals surface area contributed by atoms with Crippen LogP contribution in [-0.2, 0) is 65.4 Å². The molecule has 17 nitrogen and oxygen atoms in total. The minimum atomic E-state index is -4.96. The number of aliphatic hydroxyl groups is 1. The van der Waals surface area contributed by atoms with Crippen molar-refractivity contribution < 1.29 is 80.2 Å². The van der Waals surface area contributed by atoms with E-state index in [1.165, 1.54) is 225 Å². The van der Waals surface area contributed by atoms with E-state index in [9.17, 15) is 43.2 Å². The van der Waals surface area contributed by atoms with E-state index < -0.39 is 97.5 Å². The zero-order valence-electron chi connectivity index (χ0n) is 63.4. The van der Waals surface area contributed by atoms with Crippen molar-refractivity contribution in [3.63, 3.8) is 0 Å². The number of carbonyl (C=O) groups excluding carboxylic acids is 4. The molecule has 0 aliphatic rings. The zero-order valence-corrected chi connectivity index (χ0v) is 65.2. The van der Waals surface area contributed by atoms with E-state index in [2.05, 4.69) is 41.5 Å². The highest BCUT2D eigenvalue weighted by atomic mass is 31.2. The van der Waals surface area contributed by atoms with Crippen LogP contribution in [0.3, 0.4) is 0 Å². The van der Waals surface area contributed by atoms with Crippen molar-refractivity contribution in [2.24, 2.45) is 11.8 Å². The van der Waals surface area contributed by atoms with Crippen molar-refractivity contribution in [2.45, 2.75) is 426 Å². The lowest BCUT2D eigenvalue weighted by atomic mass is 9.99. The van der Waals surface area contributed by atoms with Crippen LogP contribution < -0.4 is 0 Å². The third kappa shape index (κ3) is 70.9. The Morgan fingerprint density at radius 2 is 0.526 bits per heavy atom. The van der Waals surface area contributed by atoms with Gasteiger partial charge in [0.2, 0.25) is 0 Å². The number of esters is 4. The van der Waals surface area contributed by atoms with Gasteiger partial charge in [-0.3, -0.25) is 37.3 Å². The molecule has 0 aromatic carbocycles. The summed E-state index contributed by atoms with van der Waals surface area (Å²) in [6, 6.07) is 0. The first-order chi connectivity index (χ1) is 46.9. The molecule has 19 heteroatoms. The van der Waals surface area contributed by atoms with Gasteiger partial charge in [0.05, 0.1) is 26.4 Å². The maximum Gasteiger partial charge on any atom is 0.472 e. The zero-order chi connectivity index (χ0) is 71.4. The molecule has 3 unspecified atom stereocenters. The quantitative estimate of drug-likeness (QED) is 0.0222.